The number of nitrogens with one attached hydrogen (secondary N) is 2. The normalized spacial score (nSPS) is 22.3. The highest BCUT2D eigenvalue weighted by molar-refractivity contribution is 4.75. The third-order valence-electron chi connectivity index (χ3n) is 3.25. The fourth-order valence-corrected chi connectivity index (χ4v) is 1.85. The molecule has 2 unspecified atom stereocenters. The minimum Gasteiger partial charge on any atom is -0.373 e. The summed E-state index contributed by atoms with van der Waals surface area (Å²) in [6.07, 6.45) is 5.94. The molecule has 0 radical (unpaired) electrons. The number of rotatable bonds is 6. The average molecular weight is 299 g/mol. The monoisotopic (exact) mass is 299 g/mol. The van der Waals surface area contributed by atoms with Gasteiger partial charge in [0.15, 0.2) is 0 Å². The van der Waals surface area contributed by atoms with Gasteiger partial charge in [-0.15, -0.1) is 0 Å². The zero-order chi connectivity index (χ0) is 15.2. The Kier molecular flexibility index (Phi) is 5.51. The summed E-state index contributed by atoms with van der Waals surface area (Å²) in [7, 11) is 0. The van der Waals surface area contributed by atoms with E-state index in [9.17, 15) is 14.4 Å². The molecule has 0 amide bonds. The quantitative estimate of drug-likeness (QED) is 0.547. The second kappa shape index (κ2) is 7.37. The lowest BCUT2D eigenvalue weighted by Gasteiger charge is -1.97. The van der Waals surface area contributed by atoms with Crippen LogP contribution in [0, 0.1) is 0 Å². The lowest BCUT2D eigenvalue weighted by atomic mass is 10.2. The molecule has 3 heterocycles. The van der Waals surface area contributed by atoms with Crippen LogP contribution in [0.1, 0.15) is 32.6 Å². The number of aromatic nitrogens is 3. The molecular formula is C13H21N3O5. The van der Waals surface area contributed by atoms with Crippen LogP contribution < -0.4 is 17.1 Å². The smallest absolute Gasteiger partial charge is 0.333 e. The molecule has 1 aromatic heterocycles. The number of aromatic amines is 2. The van der Waals surface area contributed by atoms with Crippen molar-refractivity contribution >= 4 is 0 Å². The van der Waals surface area contributed by atoms with Crippen molar-refractivity contribution in [3.63, 3.8) is 0 Å². The first-order chi connectivity index (χ1) is 10.1. The summed E-state index contributed by atoms with van der Waals surface area (Å²) in [5.74, 6) is 0. The number of hydrogen-bond acceptors (Lipinski definition) is 5. The molecule has 2 atom stereocenters. The van der Waals surface area contributed by atoms with E-state index in [1.54, 1.807) is 0 Å². The van der Waals surface area contributed by atoms with Gasteiger partial charge in [-0.25, -0.2) is 19.0 Å². The molecule has 3 rings (SSSR count). The second-order valence-electron chi connectivity index (χ2n) is 5.21. The maximum atomic E-state index is 11.1. The number of hydrogen-bond donors (Lipinski definition) is 2. The zero-order valence-corrected chi connectivity index (χ0v) is 12.1. The topological polar surface area (TPSA) is 113 Å². The molecule has 0 spiro atoms. The van der Waals surface area contributed by atoms with Crippen LogP contribution in [0.4, 0.5) is 0 Å². The maximum absolute atomic E-state index is 11.1. The van der Waals surface area contributed by atoms with Crippen LogP contribution >= 0.6 is 0 Å². The Hall–Kier alpha value is -1.67. The number of ether oxygens (including phenoxy) is 2. The van der Waals surface area contributed by atoms with Crippen LogP contribution in [0.2, 0.25) is 0 Å². The lowest BCUT2D eigenvalue weighted by Crippen LogP contribution is -2.44. The molecular weight excluding hydrogens is 278 g/mol. The Morgan fingerprint density at radius 3 is 2.10 bits per heavy atom. The zero-order valence-electron chi connectivity index (χ0n) is 12.1. The van der Waals surface area contributed by atoms with Gasteiger partial charge in [0, 0.05) is 0 Å². The first kappa shape index (κ1) is 15.7. The molecule has 8 nitrogen and oxygen atoms in total. The summed E-state index contributed by atoms with van der Waals surface area (Å²) >= 11 is 0. The molecule has 118 valence electrons. The molecule has 21 heavy (non-hydrogen) atoms. The van der Waals surface area contributed by atoms with E-state index in [0.717, 1.165) is 11.2 Å². The summed E-state index contributed by atoms with van der Waals surface area (Å²) in [6, 6.07) is 0. The summed E-state index contributed by atoms with van der Waals surface area (Å²) < 4.78 is 10.8. The Balaban J connectivity index is 0.000000173. The van der Waals surface area contributed by atoms with Gasteiger partial charge in [-0.1, -0.05) is 26.2 Å². The molecule has 2 N–H and O–H groups in total. The van der Waals surface area contributed by atoms with Crippen LogP contribution in [0.25, 0.3) is 0 Å². The highest BCUT2D eigenvalue weighted by Crippen LogP contribution is 2.16. The fraction of sp³-hybridized carbons (Fsp3) is 0.769. The van der Waals surface area contributed by atoms with Gasteiger partial charge in [-0.3, -0.25) is 9.97 Å². The van der Waals surface area contributed by atoms with E-state index in [1.165, 1.54) is 25.7 Å². The van der Waals surface area contributed by atoms with Crippen molar-refractivity contribution in [3.8, 4) is 0 Å². The van der Waals surface area contributed by atoms with Gasteiger partial charge in [0.1, 0.15) is 0 Å². The number of epoxide rings is 2. The first-order valence-electron chi connectivity index (χ1n) is 7.26. The van der Waals surface area contributed by atoms with Crippen LogP contribution in [0.3, 0.4) is 0 Å². The standard InChI is InChI=1S/C7H14O.C6H7N3O4/c1-2-3-4-5-7-6-8-7;10-4-7-5(11)9(6(12)8-4)1-3-2-13-3/h7H,2-6H2,1H3;3H,1-2H2,(H2,7,8,10,11,12). The van der Waals surface area contributed by atoms with E-state index in [1.807, 2.05) is 9.97 Å². The van der Waals surface area contributed by atoms with Gasteiger partial charge in [-0.05, 0) is 6.42 Å². The van der Waals surface area contributed by atoms with E-state index < -0.39 is 17.1 Å². The highest BCUT2D eigenvalue weighted by atomic mass is 16.6. The van der Waals surface area contributed by atoms with Crippen molar-refractivity contribution in [3.05, 3.63) is 31.5 Å². The van der Waals surface area contributed by atoms with Crippen molar-refractivity contribution in [2.75, 3.05) is 13.2 Å². The van der Waals surface area contributed by atoms with Crippen molar-refractivity contribution in [2.45, 2.75) is 51.4 Å². The second-order valence-corrected chi connectivity index (χ2v) is 5.21. The van der Waals surface area contributed by atoms with Crippen LogP contribution in [0.15, 0.2) is 14.4 Å². The van der Waals surface area contributed by atoms with Gasteiger partial charge in [-0.2, -0.15) is 0 Å². The van der Waals surface area contributed by atoms with E-state index in [0.29, 0.717) is 12.7 Å². The molecule has 0 aliphatic carbocycles. The van der Waals surface area contributed by atoms with E-state index >= 15 is 0 Å². The predicted octanol–water partition coefficient (Wildman–Crippen LogP) is -0.411. The molecule has 2 fully saturated rings. The van der Waals surface area contributed by atoms with Gasteiger partial charge < -0.3 is 9.47 Å². The van der Waals surface area contributed by atoms with Crippen LogP contribution in [0.5, 0.6) is 0 Å². The molecule has 2 saturated heterocycles. The van der Waals surface area contributed by atoms with E-state index in [-0.39, 0.29) is 12.6 Å². The maximum Gasteiger partial charge on any atom is 0.333 e. The average Bonchev–Trinajstić information content (AvgIpc) is 3.30. The fourth-order valence-electron chi connectivity index (χ4n) is 1.85. The van der Waals surface area contributed by atoms with Crippen molar-refractivity contribution < 1.29 is 9.47 Å². The largest absolute Gasteiger partial charge is 0.373 e. The Morgan fingerprint density at radius 2 is 1.62 bits per heavy atom. The molecule has 2 aliphatic heterocycles. The van der Waals surface area contributed by atoms with Crippen molar-refractivity contribution in [1.29, 1.82) is 0 Å². The summed E-state index contributed by atoms with van der Waals surface area (Å²) in [6.45, 7) is 3.99. The Morgan fingerprint density at radius 1 is 1.05 bits per heavy atom. The van der Waals surface area contributed by atoms with Crippen LogP contribution in [-0.2, 0) is 16.0 Å². The molecule has 0 saturated carbocycles. The minimum absolute atomic E-state index is 0.0790. The summed E-state index contributed by atoms with van der Waals surface area (Å²) in [5, 5.41) is 0. The highest BCUT2D eigenvalue weighted by Gasteiger charge is 2.24. The summed E-state index contributed by atoms with van der Waals surface area (Å²) in [4.78, 5) is 36.6. The van der Waals surface area contributed by atoms with Gasteiger partial charge in [0.05, 0.1) is 32.0 Å². The lowest BCUT2D eigenvalue weighted by molar-refractivity contribution is 0.373. The van der Waals surface area contributed by atoms with Gasteiger partial charge in [0.2, 0.25) is 0 Å². The molecule has 0 bridgehead atoms. The molecule has 1 aromatic rings. The number of nitrogens with zero attached hydrogens (tertiary/aromatic N) is 1. The molecule has 8 heteroatoms. The Labute approximate surface area is 121 Å². The SMILES string of the molecule is CCCCCC1CO1.O=c1[nH]c(=O)n(CC2CO2)c(=O)[nH]1. The number of unbranched alkanes of at least 4 members (excludes halogenated alkanes) is 2. The van der Waals surface area contributed by atoms with Crippen molar-refractivity contribution in [1.82, 2.24) is 14.5 Å². The number of H-pyrrole nitrogens is 2. The molecule has 0 aromatic carbocycles. The third kappa shape index (κ3) is 5.68. The van der Waals surface area contributed by atoms with E-state index in [2.05, 4.69) is 6.92 Å². The Bertz CT molecular complexity index is 575. The molecule has 2 aliphatic rings. The minimum atomic E-state index is -0.789. The third-order valence-corrected chi connectivity index (χ3v) is 3.25. The van der Waals surface area contributed by atoms with Gasteiger partial charge in [0.25, 0.3) is 0 Å². The summed E-state index contributed by atoms with van der Waals surface area (Å²) in [5.41, 5.74) is -2.20. The van der Waals surface area contributed by atoms with Crippen molar-refractivity contribution in [2.24, 2.45) is 0 Å². The van der Waals surface area contributed by atoms with Gasteiger partial charge >= 0.3 is 17.1 Å². The first-order valence-corrected chi connectivity index (χ1v) is 7.26. The predicted molar refractivity (Wildman–Crippen MR) is 75.6 cm³/mol. The van der Waals surface area contributed by atoms with Crippen LogP contribution in [-0.4, -0.2) is 40.0 Å². The van der Waals surface area contributed by atoms with E-state index in [4.69, 9.17) is 9.47 Å².